The van der Waals surface area contributed by atoms with Crippen LogP contribution < -0.4 is 0 Å². The molecule has 86 valence electrons. The van der Waals surface area contributed by atoms with E-state index in [2.05, 4.69) is 0 Å². The normalized spacial score (nSPS) is 27.5. The van der Waals surface area contributed by atoms with Crippen molar-refractivity contribution in [1.82, 2.24) is 0 Å². The molecule has 0 amide bonds. The van der Waals surface area contributed by atoms with Crippen molar-refractivity contribution in [3.63, 3.8) is 0 Å². The third-order valence-corrected chi connectivity index (χ3v) is 2.97. The number of hydrogen-bond donors (Lipinski definition) is 0. The summed E-state index contributed by atoms with van der Waals surface area (Å²) < 4.78 is 0. The van der Waals surface area contributed by atoms with Gasteiger partial charge in [0, 0.05) is 6.42 Å². The van der Waals surface area contributed by atoms with Crippen molar-refractivity contribution >= 4 is 5.78 Å². The molecule has 3 nitrogen and oxygen atoms in total. The Kier molecular flexibility index (Phi) is 2.63. The quantitative estimate of drug-likeness (QED) is 0.693. The number of fused-ring (bicyclic) bond motifs is 1. The molecule has 0 aromatic heterocycles. The van der Waals surface area contributed by atoms with Gasteiger partial charge < -0.3 is 0 Å². The maximum absolute atomic E-state index is 11.2. The first-order valence-corrected chi connectivity index (χ1v) is 5.62. The van der Waals surface area contributed by atoms with E-state index in [1.165, 1.54) is 0 Å². The van der Waals surface area contributed by atoms with Crippen LogP contribution in [-0.2, 0) is 14.6 Å². The Morgan fingerprint density at radius 3 is 2.71 bits per heavy atom. The van der Waals surface area contributed by atoms with Crippen LogP contribution in [0.3, 0.4) is 0 Å². The summed E-state index contributed by atoms with van der Waals surface area (Å²) in [5.41, 5.74) is 2.06. The average molecular weight is 228 g/mol. The minimum Gasteiger partial charge on any atom is -0.295 e. The fourth-order valence-corrected chi connectivity index (χ4v) is 2.04. The Bertz CT molecular complexity index is 487. The van der Waals surface area contributed by atoms with Crippen LogP contribution in [0, 0.1) is 0 Å². The topological polar surface area (TPSA) is 35.5 Å². The van der Waals surface area contributed by atoms with Gasteiger partial charge in [-0.1, -0.05) is 36.4 Å². The van der Waals surface area contributed by atoms with E-state index >= 15 is 0 Å². The van der Waals surface area contributed by atoms with Crippen molar-refractivity contribution in [3.8, 4) is 0 Å². The molecule has 3 rings (SSSR count). The Labute approximate surface area is 99.3 Å². The van der Waals surface area contributed by atoms with Crippen molar-refractivity contribution in [2.75, 3.05) is 0 Å². The fraction of sp³-hybridized carbons (Fsp3) is 0.214. The molecule has 1 heterocycles. The molecule has 0 spiro atoms. The predicted octanol–water partition coefficient (Wildman–Crippen LogP) is 2.51. The molecule has 1 aromatic carbocycles. The molecule has 2 atom stereocenters. The summed E-state index contributed by atoms with van der Waals surface area (Å²) in [6.45, 7) is 0. The predicted molar refractivity (Wildman–Crippen MR) is 62.0 cm³/mol. The van der Waals surface area contributed by atoms with Crippen LogP contribution in [0.15, 0.2) is 54.1 Å². The molecule has 1 aromatic rings. The van der Waals surface area contributed by atoms with E-state index in [0.717, 1.165) is 11.1 Å². The van der Waals surface area contributed by atoms with Crippen molar-refractivity contribution < 1.29 is 14.6 Å². The highest BCUT2D eigenvalue weighted by Crippen LogP contribution is 2.31. The van der Waals surface area contributed by atoms with Gasteiger partial charge in [0.2, 0.25) is 0 Å². The third-order valence-electron chi connectivity index (χ3n) is 2.97. The summed E-state index contributed by atoms with van der Waals surface area (Å²) >= 11 is 0. The minimum absolute atomic E-state index is 0.0777. The number of allylic oxidation sites excluding steroid dienone is 1. The largest absolute Gasteiger partial charge is 0.295 e. The molecular formula is C14H12O3. The van der Waals surface area contributed by atoms with Crippen LogP contribution in [0.2, 0.25) is 0 Å². The van der Waals surface area contributed by atoms with Gasteiger partial charge in [-0.2, -0.15) is 0 Å². The van der Waals surface area contributed by atoms with Gasteiger partial charge >= 0.3 is 0 Å². The van der Waals surface area contributed by atoms with E-state index in [4.69, 9.17) is 9.78 Å². The Morgan fingerprint density at radius 2 is 1.88 bits per heavy atom. The van der Waals surface area contributed by atoms with E-state index in [1.54, 1.807) is 6.08 Å². The second kappa shape index (κ2) is 4.28. The molecule has 0 radical (unpaired) electrons. The van der Waals surface area contributed by atoms with Crippen LogP contribution in [0.1, 0.15) is 18.1 Å². The minimum atomic E-state index is -0.243. The zero-order valence-corrected chi connectivity index (χ0v) is 9.21. The summed E-state index contributed by atoms with van der Waals surface area (Å²) in [7, 11) is 0. The highest BCUT2D eigenvalue weighted by molar-refractivity contribution is 5.92. The Hall–Kier alpha value is -1.71. The molecule has 17 heavy (non-hydrogen) atoms. The van der Waals surface area contributed by atoms with Gasteiger partial charge in [-0.05, 0) is 23.3 Å². The summed E-state index contributed by atoms with van der Waals surface area (Å²) in [5, 5.41) is 0. The molecule has 3 heteroatoms. The first-order valence-electron chi connectivity index (χ1n) is 5.62. The number of carbonyl (C=O) groups excluding carboxylic acids is 1. The van der Waals surface area contributed by atoms with Crippen LogP contribution in [-0.4, -0.2) is 11.9 Å². The summed E-state index contributed by atoms with van der Waals surface area (Å²) in [6.07, 6.45) is 5.34. The van der Waals surface area contributed by atoms with E-state index in [-0.39, 0.29) is 18.0 Å². The lowest BCUT2D eigenvalue weighted by Gasteiger charge is -2.28. The standard InChI is InChI=1S/C14H12O3/c15-12-7-6-11-8-13(16-17-14(11)9-12)10-4-2-1-3-5-10/h1-8,13-14H,9H2/t13-,14-/m1/s1. The van der Waals surface area contributed by atoms with Crippen LogP contribution >= 0.6 is 0 Å². The molecule has 0 N–H and O–H groups in total. The molecule has 1 aliphatic carbocycles. The Balaban J connectivity index is 1.90. The van der Waals surface area contributed by atoms with Crippen LogP contribution in [0.5, 0.6) is 0 Å². The van der Waals surface area contributed by atoms with Gasteiger partial charge in [-0.3, -0.25) is 4.79 Å². The summed E-state index contributed by atoms with van der Waals surface area (Å²) in [5.74, 6) is 0.0777. The fourth-order valence-electron chi connectivity index (χ4n) is 2.04. The second-order valence-corrected chi connectivity index (χ2v) is 4.18. The van der Waals surface area contributed by atoms with Crippen LogP contribution in [0.25, 0.3) is 0 Å². The van der Waals surface area contributed by atoms with Crippen molar-refractivity contribution in [2.24, 2.45) is 0 Å². The lowest BCUT2D eigenvalue weighted by atomic mass is 9.94. The van der Waals surface area contributed by atoms with Crippen molar-refractivity contribution in [2.45, 2.75) is 18.6 Å². The lowest BCUT2D eigenvalue weighted by Crippen LogP contribution is -2.27. The number of rotatable bonds is 1. The highest BCUT2D eigenvalue weighted by atomic mass is 17.2. The zero-order valence-electron chi connectivity index (χ0n) is 9.21. The Morgan fingerprint density at radius 1 is 1.06 bits per heavy atom. The summed E-state index contributed by atoms with van der Waals surface area (Å²) in [4.78, 5) is 21.8. The SMILES string of the molecule is O=C1C=CC2=C[C@H](c3ccccc3)OO[C@@H]2C1. The molecule has 0 unspecified atom stereocenters. The summed E-state index contributed by atoms with van der Waals surface area (Å²) in [6, 6.07) is 9.86. The number of hydrogen-bond acceptors (Lipinski definition) is 3. The van der Waals surface area contributed by atoms with Crippen molar-refractivity contribution in [1.29, 1.82) is 0 Å². The monoisotopic (exact) mass is 228 g/mol. The van der Waals surface area contributed by atoms with Gasteiger partial charge in [0.1, 0.15) is 12.2 Å². The molecule has 0 saturated heterocycles. The van der Waals surface area contributed by atoms with Gasteiger partial charge in [0.25, 0.3) is 0 Å². The smallest absolute Gasteiger partial charge is 0.158 e. The number of ketones is 1. The molecule has 0 bridgehead atoms. The van der Waals surface area contributed by atoms with Gasteiger partial charge in [-0.15, -0.1) is 0 Å². The second-order valence-electron chi connectivity index (χ2n) is 4.18. The number of benzene rings is 1. The highest BCUT2D eigenvalue weighted by Gasteiger charge is 2.28. The molecule has 0 saturated carbocycles. The van der Waals surface area contributed by atoms with E-state index in [1.807, 2.05) is 42.5 Å². The lowest BCUT2D eigenvalue weighted by molar-refractivity contribution is -0.344. The van der Waals surface area contributed by atoms with Crippen molar-refractivity contribution in [3.05, 3.63) is 59.7 Å². The first-order chi connectivity index (χ1) is 8.33. The molecule has 0 fully saturated rings. The van der Waals surface area contributed by atoms with E-state index < -0.39 is 0 Å². The van der Waals surface area contributed by atoms with Gasteiger partial charge in [0.05, 0.1) is 0 Å². The third kappa shape index (κ3) is 2.07. The maximum atomic E-state index is 11.2. The number of carbonyl (C=O) groups is 1. The average Bonchev–Trinajstić information content (AvgIpc) is 2.39. The van der Waals surface area contributed by atoms with E-state index in [0.29, 0.717) is 6.42 Å². The maximum Gasteiger partial charge on any atom is 0.158 e. The molecular weight excluding hydrogens is 216 g/mol. The first kappa shape index (κ1) is 10.4. The van der Waals surface area contributed by atoms with Gasteiger partial charge in [-0.25, -0.2) is 9.78 Å². The van der Waals surface area contributed by atoms with Gasteiger partial charge in [0.15, 0.2) is 5.78 Å². The molecule has 2 aliphatic rings. The molecule has 1 aliphatic heterocycles. The van der Waals surface area contributed by atoms with Crippen LogP contribution in [0.4, 0.5) is 0 Å². The zero-order chi connectivity index (χ0) is 11.7. The van der Waals surface area contributed by atoms with E-state index in [9.17, 15) is 4.79 Å².